The van der Waals surface area contributed by atoms with Gasteiger partial charge in [-0.3, -0.25) is 0 Å². The van der Waals surface area contributed by atoms with Crippen LogP contribution in [-0.2, 0) is 22.9 Å². The van der Waals surface area contributed by atoms with Crippen LogP contribution in [0.3, 0.4) is 0 Å². The standard InChI is InChI=1S/C12H17NO2S/c1-3-11-7-5-6-8-12(11)9-10-13-16(14,15)4-2/h4-8,13H,2-3,9-10H2,1H3. The Hall–Kier alpha value is -1.13. The second-order valence-corrected chi connectivity index (χ2v) is 5.19. The van der Waals surface area contributed by atoms with Crippen LogP contribution in [0, 0.1) is 0 Å². The van der Waals surface area contributed by atoms with E-state index in [2.05, 4.69) is 24.3 Å². The normalized spacial score (nSPS) is 11.3. The van der Waals surface area contributed by atoms with Crippen molar-refractivity contribution < 1.29 is 8.42 Å². The molecule has 0 aliphatic rings. The minimum absolute atomic E-state index is 0.408. The van der Waals surface area contributed by atoms with Gasteiger partial charge in [0.25, 0.3) is 0 Å². The molecule has 0 unspecified atom stereocenters. The zero-order valence-electron chi connectivity index (χ0n) is 9.44. The lowest BCUT2D eigenvalue weighted by Gasteiger charge is -2.07. The summed E-state index contributed by atoms with van der Waals surface area (Å²) in [4.78, 5) is 0. The SMILES string of the molecule is C=CS(=O)(=O)NCCc1ccccc1CC. The number of nitrogens with one attached hydrogen (secondary N) is 1. The Morgan fingerprint density at radius 2 is 1.94 bits per heavy atom. The molecule has 0 aliphatic carbocycles. The summed E-state index contributed by atoms with van der Waals surface area (Å²) in [6.45, 7) is 5.74. The highest BCUT2D eigenvalue weighted by molar-refractivity contribution is 7.92. The highest BCUT2D eigenvalue weighted by atomic mass is 32.2. The lowest BCUT2D eigenvalue weighted by atomic mass is 10.0. The first-order valence-corrected chi connectivity index (χ1v) is 6.82. The zero-order valence-corrected chi connectivity index (χ0v) is 10.3. The van der Waals surface area contributed by atoms with Gasteiger partial charge in [-0.05, 0) is 24.0 Å². The van der Waals surface area contributed by atoms with Gasteiger partial charge < -0.3 is 0 Å². The van der Waals surface area contributed by atoms with E-state index in [1.165, 1.54) is 11.1 Å². The largest absolute Gasteiger partial charge is 0.233 e. The molecule has 3 nitrogen and oxygen atoms in total. The Morgan fingerprint density at radius 1 is 1.31 bits per heavy atom. The molecule has 4 heteroatoms. The topological polar surface area (TPSA) is 46.2 Å². The summed E-state index contributed by atoms with van der Waals surface area (Å²) < 4.78 is 24.7. The van der Waals surface area contributed by atoms with Crippen LogP contribution < -0.4 is 4.72 Å². The van der Waals surface area contributed by atoms with Gasteiger partial charge in [0.1, 0.15) is 0 Å². The molecule has 0 radical (unpaired) electrons. The van der Waals surface area contributed by atoms with Crippen molar-refractivity contribution in [3.8, 4) is 0 Å². The van der Waals surface area contributed by atoms with Crippen LogP contribution in [0.2, 0.25) is 0 Å². The quantitative estimate of drug-likeness (QED) is 0.823. The predicted molar refractivity (Wildman–Crippen MR) is 66.6 cm³/mol. The molecule has 0 aliphatic heterocycles. The van der Waals surface area contributed by atoms with E-state index in [0.717, 1.165) is 11.8 Å². The van der Waals surface area contributed by atoms with E-state index < -0.39 is 10.0 Å². The Morgan fingerprint density at radius 3 is 2.50 bits per heavy atom. The number of rotatable bonds is 6. The van der Waals surface area contributed by atoms with Crippen LogP contribution in [0.5, 0.6) is 0 Å². The molecule has 88 valence electrons. The van der Waals surface area contributed by atoms with Crippen molar-refractivity contribution in [1.29, 1.82) is 0 Å². The Bertz CT molecular complexity index is 452. The summed E-state index contributed by atoms with van der Waals surface area (Å²) in [5, 5.41) is 0.929. The number of hydrogen-bond acceptors (Lipinski definition) is 2. The van der Waals surface area contributed by atoms with Crippen LogP contribution >= 0.6 is 0 Å². The molecular formula is C12H17NO2S. The van der Waals surface area contributed by atoms with Gasteiger partial charge in [0.2, 0.25) is 10.0 Å². The third kappa shape index (κ3) is 3.79. The second kappa shape index (κ2) is 5.82. The van der Waals surface area contributed by atoms with E-state index in [4.69, 9.17) is 0 Å². The van der Waals surface area contributed by atoms with Crippen LogP contribution in [0.15, 0.2) is 36.3 Å². The highest BCUT2D eigenvalue weighted by Crippen LogP contribution is 2.09. The molecule has 0 aromatic heterocycles. The molecule has 1 N–H and O–H groups in total. The number of sulfonamides is 1. The molecule has 0 heterocycles. The Balaban J connectivity index is 2.58. The minimum atomic E-state index is -3.30. The molecular weight excluding hydrogens is 222 g/mol. The zero-order chi connectivity index (χ0) is 12.0. The number of hydrogen-bond donors (Lipinski definition) is 1. The minimum Gasteiger partial charge on any atom is -0.211 e. The Labute approximate surface area is 97.2 Å². The first-order valence-electron chi connectivity index (χ1n) is 5.28. The van der Waals surface area contributed by atoms with Crippen molar-refractivity contribution >= 4 is 10.0 Å². The third-order valence-corrected chi connectivity index (χ3v) is 3.46. The second-order valence-electron chi connectivity index (χ2n) is 3.48. The molecule has 0 amide bonds. The van der Waals surface area contributed by atoms with Crippen molar-refractivity contribution in [2.24, 2.45) is 0 Å². The molecule has 0 saturated carbocycles. The van der Waals surface area contributed by atoms with Crippen LogP contribution in [0.4, 0.5) is 0 Å². The molecule has 0 fully saturated rings. The molecule has 1 aromatic carbocycles. The summed E-state index contributed by atoms with van der Waals surface area (Å²) in [5.74, 6) is 0. The smallest absolute Gasteiger partial charge is 0.211 e. The van der Waals surface area contributed by atoms with Gasteiger partial charge in [0.15, 0.2) is 0 Å². The lowest BCUT2D eigenvalue weighted by Crippen LogP contribution is -2.23. The predicted octanol–water partition coefficient (Wildman–Crippen LogP) is 1.85. The highest BCUT2D eigenvalue weighted by Gasteiger charge is 2.04. The van der Waals surface area contributed by atoms with E-state index in [1.54, 1.807) is 0 Å². The first-order chi connectivity index (χ1) is 7.59. The van der Waals surface area contributed by atoms with Crippen molar-refractivity contribution in [3.05, 3.63) is 47.4 Å². The fourth-order valence-corrected chi connectivity index (χ4v) is 2.04. The van der Waals surface area contributed by atoms with Crippen molar-refractivity contribution in [2.75, 3.05) is 6.54 Å². The first kappa shape index (κ1) is 12.9. The van der Waals surface area contributed by atoms with Gasteiger partial charge in [-0.1, -0.05) is 37.8 Å². The summed E-state index contributed by atoms with van der Waals surface area (Å²) in [5.41, 5.74) is 2.46. The monoisotopic (exact) mass is 239 g/mol. The average Bonchev–Trinajstić information content (AvgIpc) is 2.29. The van der Waals surface area contributed by atoms with Gasteiger partial charge in [-0.15, -0.1) is 0 Å². The van der Waals surface area contributed by atoms with E-state index in [1.807, 2.05) is 18.2 Å². The maximum absolute atomic E-state index is 11.1. The lowest BCUT2D eigenvalue weighted by molar-refractivity contribution is 0.591. The summed E-state index contributed by atoms with van der Waals surface area (Å²) >= 11 is 0. The fraction of sp³-hybridized carbons (Fsp3) is 0.333. The van der Waals surface area contributed by atoms with Gasteiger partial charge in [-0.25, -0.2) is 13.1 Å². The average molecular weight is 239 g/mol. The Kier molecular flexibility index (Phi) is 4.71. The van der Waals surface area contributed by atoms with Crippen LogP contribution in [0.25, 0.3) is 0 Å². The van der Waals surface area contributed by atoms with Crippen molar-refractivity contribution in [1.82, 2.24) is 4.72 Å². The van der Waals surface area contributed by atoms with Gasteiger partial charge in [0, 0.05) is 12.0 Å². The molecule has 0 saturated heterocycles. The molecule has 0 bridgehead atoms. The molecule has 16 heavy (non-hydrogen) atoms. The van der Waals surface area contributed by atoms with Gasteiger partial charge in [0.05, 0.1) is 0 Å². The number of aryl methyl sites for hydroxylation is 1. The van der Waals surface area contributed by atoms with E-state index in [9.17, 15) is 8.42 Å². The van der Waals surface area contributed by atoms with Crippen molar-refractivity contribution in [3.63, 3.8) is 0 Å². The molecule has 0 spiro atoms. The summed E-state index contributed by atoms with van der Waals surface area (Å²) in [6.07, 6.45) is 1.67. The van der Waals surface area contributed by atoms with Crippen LogP contribution in [0.1, 0.15) is 18.1 Å². The van der Waals surface area contributed by atoms with E-state index >= 15 is 0 Å². The van der Waals surface area contributed by atoms with E-state index in [0.29, 0.717) is 13.0 Å². The summed E-state index contributed by atoms with van der Waals surface area (Å²) in [7, 11) is -3.30. The molecule has 1 rings (SSSR count). The van der Waals surface area contributed by atoms with Gasteiger partial charge >= 0.3 is 0 Å². The third-order valence-electron chi connectivity index (χ3n) is 2.42. The van der Waals surface area contributed by atoms with Gasteiger partial charge in [-0.2, -0.15) is 0 Å². The maximum Gasteiger partial charge on any atom is 0.233 e. The molecule has 0 atom stereocenters. The molecule has 1 aromatic rings. The number of benzene rings is 1. The van der Waals surface area contributed by atoms with Crippen molar-refractivity contribution in [2.45, 2.75) is 19.8 Å². The van der Waals surface area contributed by atoms with Crippen LogP contribution in [-0.4, -0.2) is 15.0 Å². The van der Waals surface area contributed by atoms with E-state index in [-0.39, 0.29) is 0 Å². The maximum atomic E-state index is 11.1. The fourth-order valence-electron chi connectivity index (χ4n) is 1.53. The summed E-state index contributed by atoms with van der Waals surface area (Å²) in [6, 6.07) is 8.06.